The summed E-state index contributed by atoms with van der Waals surface area (Å²) in [6.45, 7) is 0. The molecule has 0 aromatic carbocycles. The van der Waals surface area contributed by atoms with Gasteiger partial charge in [0.15, 0.2) is 0 Å². The van der Waals surface area contributed by atoms with Crippen molar-refractivity contribution in [2.75, 3.05) is 0 Å². The maximum atomic E-state index is 4.19. The van der Waals surface area contributed by atoms with Gasteiger partial charge in [0.1, 0.15) is 19.0 Å². The Morgan fingerprint density at radius 2 is 1.06 bits per heavy atom. The molecule has 3 aromatic rings. The summed E-state index contributed by atoms with van der Waals surface area (Å²) >= 11 is 0. The van der Waals surface area contributed by atoms with Gasteiger partial charge in [-0.3, -0.25) is 0 Å². The molecular weight excluding hydrogens is 228 g/mol. The lowest BCUT2D eigenvalue weighted by Crippen LogP contribution is -1.93. The third kappa shape index (κ3) is 2.03. The monoisotopic (exact) mass is 236 g/mol. The molecule has 0 saturated heterocycles. The summed E-state index contributed by atoms with van der Waals surface area (Å²) in [4.78, 5) is 24.4. The van der Waals surface area contributed by atoms with Crippen LogP contribution < -0.4 is 0 Å². The maximum Gasteiger partial charge on any atom is 0.116 e. The van der Waals surface area contributed by atoms with Gasteiger partial charge in [-0.2, -0.15) is 0 Å². The van der Waals surface area contributed by atoms with E-state index >= 15 is 0 Å². The summed E-state index contributed by atoms with van der Waals surface area (Å²) in [5, 5.41) is 0. The smallest absolute Gasteiger partial charge is 0.116 e. The fourth-order valence-electron chi connectivity index (χ4n) is 1.52. The van der Waals surface area contributed by atoms with Gasteiger partial charge in [0.05, 0.1) is 22.8 Å². The molecule has 0 N–H and O–H groups in total. The van der Waals surface area contributed by atoms with Crippen molar-refractivity contribution in [2.45, 2.75) is 0 Å². The maximum absolute atomic E-state index is 4.19. The summed E-state index contributed by atoms with van der Waals surface area (Å²) in [5.74, 6) is 0. The van der Waals surface area contributed by atoms with Crippen LogP contribution in [-0.4, -0.2) is 29.9 Å². The molecule has 0 bridgehead atoms. The topological polar surface area (TPSA) is 77.3 Å². The molecule has 0 atom stereocenters. The molecule has 3 aromatic heterocycles. The summed E-state index contributed by atoms with van der Waals surface area (Å²) < 4.78 is 0. The zero-order valence-electron chi connectivity index (χ0n) is 9.30. The van der Waals surface area contributed by atoms with Gasteiger partial charge in [0.2, 0.25) is 0 Å². The minimum Gasteiger partial charge on any atom is -0.245 e. The summed E-state index contributed by atoms with van der Waals surface area (Å²) in [6.07, 6.45) is 7.82. The Hall–Kier alpha value is -2.76. The predicted molar refractivity (Wildman–Crippen MR) is 64.1 cm³/mol. The van der Waals surface area contributed by atoms with E-state index < -0.39 is 0 Å². The van der Waals surface area contributed by atoms with E-state index in [0.717, 1.165) is 22.8 Å². The Kier molecular flexibility index (Phi) is 2.67. The number of aromatic nitrogens is 6. The molecule has 6 heteroatoms. The van der Waals surface area contributed by atoms with Crippen LogP contribution in [0.15, 0.2) is 49.6 Å². The van der Waals surface area contributed by atoms with E-state index in [4.69, 9.17) is 0 Å². The second-order valence-electron chi connectivity index (χ2n) is 3.48. The normalized spacial score (nSPS) is 10.2. The SMILES string of the molecule is c1cc(-c2cc(-c3ccncn3)ncn2)ncn1. The van der Waals surface area contributed by atoms with Gasteiger partial charge in [-0.25, -0.2) is 29.9 Å². The third-order valence-corrected chi connectivity index (χ3v) is 2.36. The van der Waals surface area contributed by atoms with Crippen LogP contribution in [0.4, 0.5) is 0 Å². The molecule has 0 saturated carbocycles. The number of nitrogens with zero attached hydrogens (tertiary/aromatic N) is 6. The molecule has 0 aliphatic carbocycles. The fourth-order valence-corrected chi connectivity index (χ4v) is 1.52. The Balaban J connectivity index is 2.05. The molecule has 86 valence electrons. The van der Waals surface area contributed by atoms with Crippen LogP contribution in [0, 0.1) is 0 Å². The molecular formula is C12H8N6. The second kappa shape index (κ2) is 4.62. The highest BCUT2D eigenvalue weighted by Gasteiger charge is 2.05. The molecule has 0 unspecified atom stereocenters. The molecule has 0 spiro atoms. The van der Waals surface area contributed by atoms with E-state index in [1.807, 2.05) is 6.07 Å². The van der Waals surface area contributed by atoms with Gasteiger partial charge < -0.3 is 0 Å². The lowest BCUT2D eigenvalue weighted by molar-refractivity contribution is 1.10. The van der Waals surface area contributed by atoms with E-state index in [9.17, 15) is 0 Å². The minimum absolute atomic E-state index is 0.737. The molecule has 0 fully saturated rings. The molecule has 6 nitrogen and oxygen atoms in total. The first-order valence-corrected chi connectivity index (χ1v) is 5.28. The van der Waals surface area contributed by atoms with Crippen LogP contribution in [0.25, 0.3) is 22.8 Å². The van der Waals surface area contributed by atoms with Crippen molar-refractivity contribution < 1.29 is 0 Å². The fraction of sp³-hybridized carbons (Fsp3) is 0. The molecule has 18 heavy (non-hydrogen) atoms. The molecule has 0 radical (unpaired) electrons. The lowest BCUT2D eigenvalue weighted by Gasteiger charge is -2.02. The van der Waals surface area contributed by atoms with Crippen LogP contribution in [0.2, 0.25) is 0 Å². The number of hydrogen-bond donors (Lipinski definition) is 0. The summed E-state index contributed by atoms with van der Waals surface area (Å²) in [7, 11) is 0. The van der Waals surface area contributed by atoms with E-state index in [1.165, 1.54) is 19.0 Å². The first-order valence-electron chi connectivity index (χ1n) is 5.28. The van der Waals surface area contributed by atoms with Gasteiger partial charge in [-0.15, -0.1) is 0 Å². The van der Waals surface area contributed by atoms with Gasteiger partial charge in [-0.1, -0.05) is 0 Å². The van der Waals surface area contributed by atoms with Crippen LogP contribution >= 0.6 is 0 Å². The van der Waals surface area contributed by atoms with Crippen molar-refractivity contribution in [3.63, 3.8) is 0 Å². The quantitative estimate of drug-likeness (QED) is 0.669. The summed E-state index contributed by atoms with van der Waals surface area (Å²) in [5.41, 5.74) is 2.98. The van der Waals surface area contributed by atoms with Gasteiger partial charge in [0, 0.05) is 12.4 Å². The zero-order chi connectivity index (χ0) is 12.2. The second-order valence-corrected chi connectivity index (χ2v) is 3.48. The van der Waals surface area contributed by atoms with Crippen LogP contribution in [-0.2, 0) is 0 Å². The largest absolute Gasteiger partial charge is 0.245 e. The van der Waals surface area contributed by atoms with Crippen molar-refractivity contribution in [3.05, 3.63) is 49.6 Å². The molecule has 0 aliphatic heterocycles. The Bertz CT molecular complexity index is 586. The summed E-state index contributed by atoms with van der Waals surface area (Å²) in [6, 6.07) is 5.43. The van der Waals surface area contributed by atoms with Crippen LogP contribution in [0.1, 0.15) is 0 Å². The van der Waals surface area contributed by atoms with E-state index in [-0.39, 0.29) is 0 Å². The van der Waals surface area contributed by atoms with Gasteiger partial charge >= 0.3 is 0 Å². The highest BCUT2D eigenvalue weighted by molar-refractivity contribution is 5.62. The Morgan fingerprint density at radius 1 is 0.556 bits per heavy atom. The van der Waals surface area contributed by atoms with E-state index in [1.54, 1.807) is 24.5 Å². The van der Waals surface area contributed by atoms with Crippen LogP contribution in [0.3, 0.4) is 0 Å². The van der Waals surface area contributed by atoms with Crippen molar-refractivity contribution in [2.24, 2.45) is 0 Å². The highest BCUT2D eigenvalue weighted by atomic mass is 14.9. The first-order chi connectivity index (χ1) is 8.93. The van der Waals surface area contributed by atoms with E-state index in [0.29, 0.717) is 0 Å². The predicted octanol–water partition coefficient (Wildman–Crippen LogP) is 1.39. The van der Waals surface area contributed by atoms with Crippen molar-refractivity contribution in [3.8, 4) is 22.8 Å². The van der Waals surface area contributed by atoms with Crippen molar-refractivity contribution in [1.82, 2.24) is 29.9 Å². The van der Waals surface area contributed by atoms with Crippen molar-refractivity contribution in [1.29, 1.82) is 0 Å². The number of hydrogen-bond acceptors (Lipinski definition) is 6. The molecule has 0 amide bonds. The first kappa shape index (κ1) is 10.4. The highest BCUT2D eigenvalue weighted by Crippen LogP contribution is 2.18. The average Bonchev–Trinajstić information content (AvgIpc) is 2.49. The molecule has 0 aliphatic rings. The molecule has 3 rings (SSSR count). The van der Waals surface area contributed by atoms with Gasteiger partial charge in [0.25, 0.3) is 0 Å². The standard InChI is InChI=1S/C12H8N6/c1-3-13-6-15-9(1)11-5-12(18-8-17-11)10-2-4-14-7-16-10/h1-8H. The zero-order valence-corrected chi connectivity index (χ0v) is 9.30. The average molecular weight is 236 g/mol. The van der Waals surface area contributed by atoms with Crippen molar-refractivity contribution >= 4 is 0 Å². The van der Waals surface area contributed by atoms with E-state index in [2.05, 4.69) is 29.9 Å². The Morgan fingerprint density at radius 3 is 1.50 bits per heavy atom. The minimum atomic E-state index is 0.737. The number of rotatable bonds is 2. The Labute approximate surface area is 103 Å². The lowest BCUT2D eigenvalue weighted by atomic mass is 10.2. The third-order valence-electron chi connectivity index (χ3n) is 2.36. The van der Waals surface area contributed by atoms with Crippen LogP contribution in [0.5, 0.6) is 0 Å². The molecule has 3 heterocycles. The van der Waals surface area contributed by atoms with Gasteiger partial charge in [-0.05, 0) is 18.2 Å².